The van der Waals surface area contributed by atoms with Gasteiger partial charge in [0.1, 0.15) is 10.2 Å². The van der Waals surface area contributed by atoms with Crippen molar-refractivity contribution >= 4 is 32.8 Å². The van der Waals surface area contributed by atoms with Crippen LogP contribution in [0.15, 0.2) is 27.9 Å². The van der Waals surface area contributed by atoms with Crippen LogP contribution in [0.3, 0.4) is 0 Å². The maximum Gasteiger partial charge on any atom is 0.343 e. The van der Waals surface area contributed by atoms with Crippen molar-refractivity contribution in [3.05, 3.63) is 38.9 Å². The Labute approximate surface area is 143 Å². The zero-order chi connectivity index (χ0) is 17.2. The fraction of sp³-hybridized carbons (Fsp3) is 0.471. The number of hydrogen-bond acceptors (Lipinski definition) is 4. The summed E-state index contributed by atoms with van der Waals surface area (Å²) in [6.07, 6.45) is 4.14. The number of rotatable bonds is 4. The van der Waals surface area contributed by atoms with Gasteiger partial charge in [0, 0.05) is 12.7 Å². The number of hydrogen-bond donors (Lipinski definition) is 0. The fourth-order valence-corrected chi connectivity index (χ4v) is 2.59. The third-order valence-electron chi connectivity index (χ3n) is 3.53. The molecule has 5 nitrogen and oxygen atoms in total. The van der Waals surface area contributed by atoms with E-state index in [1.807, 2.05) is 4.57 Å². The fourth-order valence-electron chi connectivity index (χ4n) is 2.26. The van der Waals surface area contributed by atoms with Gasteiger partial charge in [0.25, 0.3) is 0 Å². The molecule has 124 valence electrons. The van der Waals surface area contributed by atoms with Gasteiger partial charge in [-0.1, -0.05) is 20.8 Å². The molecule has 0 aliphatic heterocycles. The van der Waals surface area contributed by atoms with Crippen molar-refractivity contribution in [2.45, 2.75) is 40.7 Å². The number of aromatic nitrogens is 2. The number of nitrogens with zero attached hydrogens (tertiary/aromatic N) is 2. The summed E-state index contributed by atoms with van der Waals surface area (Å²) in [5.41, 5.74) is 0.595. The minimum atomic E-state index is -0.586. The van der Waals surface area contributed by atoms with Crippen LogP contribution in [0.25, 0.3) is 10.9 Å². The molecule has 0 saturated carbocycles. The van der Waals surface area contributed by atoms with Crippen LogP contribution in [0.5, 0.6) is 0 Å². The Morgan fingerprint density at radius 2 is 2.09 bits per heavy atom. The molecule has 2 aromatic heterocycles. The number of carbonyl (C=O) groups excluding carboxylic acids is 1. The van der Waals surface area contributed by atoms with Crippen LogP contribution < -0.4 is 5.43 Å². The summed E-state index contributed by atoms with van der Waals surface area (Å²) in [5, 5.41) is 0.464. The average Bonchev–Trinajstić information content (AvgIpc) is 2.46. The zero-order valence-corrected chi connectivity index (χ0v) is 15.4. The second kappa shape index (κ2) is 6.83. The van der Waals surface area contributed by atoms with E-state index in [4.69, 9.17) is 4.74 Å². The quantitative estimate of drug-likeness (QED) is 0.598. The molecule has 0 radical (unpaired) electrons. The van der Waals surface area contributed by atoms with Crippen molar-refractivity contribution < 1.29 is 9.53 Å². The van der Waals surface area contributed by atoms with E-state index < -0.39 is 5.97 Å². The molecule has 0 fully saturated rings. The molecule has 0 unspecified atom stereocenters. The molecular weight excluding hydrogens is 360 g/mol. The maximum absolute atomic E-state index is 12.6. The number of ether oxygens (including phenoxy) is 1. The van der Waals surface area contributed by atoms with Crippen molar-refractivity contribution in [3.8, 4) is 0 Å². The Kier molecular flexibility index (Phi) is 5.24. The Morgan fingerprint density at radius 1 is 1.39 bits per heavy atom. The van der Waals surface area contributed by atoms with Crippen molar-refractivity contribution in [1.29, 1.82) is 0 Å². The van der Waals surface area contributed by atoms with Crippen molar-refractivity contribution in [2.75, 3.05) is 6.61 Å². The predicted molar refractivity (Wildman–Crippen MR) is 93.7 cm³/mol. The van der Waals surface area contributed by atoms with Crippen LogP contribution in [0, 0.1) is 5.41 Å². The lowest BCUT2D eigenvalue weighted by molar-refractivity contribution is 0.0524. The normalized spacial score (nSPS) is 11.7. The number of esters is 1. The molecule has 0 bridgehead atoms. The zero-order valence-electron chi connectivity index (χ0n) is 13.9. The van der Waals surface area contributed by atoms with Gasteiger partial charge in [-0.15, -0.1) is 0 Å². The van der Waals surface area contributed by atoms with Crippen LogP contribution >= 0.6 is 15.9 Å². The molecule has 0 aliphatic rings. The van der Waals surface area contributed by atoms with Gasteiger partial charge in [-0.05, 0) is 40.8 Å². The summed E-state index contributed by atoms with van der Waals surface area (Å²) in [6, 6.07) is 1.65. The molecule has 0 aliphatic carbocycles. The first-order valence-electron chi connectivity index (χ1n) is 7.59. The summed E-state index contributed by atoms with van der Waals surface area (Å²) in [6.45, 7) is 9.10. The number of carbonyl (C=O) groups is 1. The number of fused-ring (bicyclic) bond motifs is 1. The third-order valence-corrected chi connectivity index (χ3v) is 3.96. The number of pyridine rings is 2. The standard InChI is InChI=1S/C17H21BrN2O3/c1-5-23-16(22)12-10-20(7-6-17(2,3)4)13-9-19-14(18)8-11(13)15(12)21/h8-10H,5-7H2,1-4H3. The highest BCUT2D eigenvalue weighted by Crippen LogP contribution is 2.22. The molecule has 2 heterocycles. The summed E-state index contributed by atoms with van der Waals surface area (Å²) >= 11 is 3.28. The molecule has 2 rings (SSSR count). The molecule has 0 amide bonds. The minimum absolute atomic E-state index is 0.0614. The van der Waals surface area contributed by atoms with E-state index in [-0.39, 0.29) is 23.0 Å². The Bertz CT molecular complexity index is 791. The molecule has 0 N–H and O–H groups in total. The van der Waals surface area contributed by atoms with Gasteiger partial charge in [-0.2, -0.15) is 0 Å². The topological polar surface area (TPSA) is 61.2 Å². The van der Waals surface area contributed by atoms with Gasteiger partial charge in [0.15, 0.2) is 0 Å². The van der Waals surface area contributed by atoms with E-state index in [2.05, 4.69) is 41.7 Å². The van der Waals surface area contributed by atoms with E-state index in [9.17, 15) is 9.59 Å². The monoisotopic (exact) mass is 380 g/mol. The van der Waals surface area contributed by atoms with Crippen molar-refractivity contribution in [1.82, 2.24) is 9.55 Å². The first kappa shape index (κ1) is 17.7. The average molecular weight is 381 g/mol. The second-order valence-corrected chi connectivity index (χ2v) is 7.43. The van der Waals surface area contributed by atoms with Crippen LogP contribution in [-0.4, -0.2) is 22.1 Å². The highest BCUT2D eigenvalue weighted by molar-refractivity contribution is 9.10. The smallest absolute Gasteiger partial charge is 0.343 e. The molecule has 0 aromatic carbocycles. The summed E-state index contributed by atoms with van der Waals surface area (Å²) < 4.78 is 7.48. The molecule has 0 atom stereocenters. The number of halogens is 1. The van der Waals surface area contributed by atoms with Crippen LogP contribution in [0.4, 0.5) is 0 Å². The van der Waals surface area contributed by atoms with Gasteiger partial charge in [-0.25, -0.2) is 9.78 Å². The highest BCUT2D eigenvalue weighted by atomic mass is 79.9. The van der Waals surface area contributed by atoms with Crippen LogP contribution in [-0.2, 0) is 11.3 Å². The summed E-state index contributed by atoms with van der Waals surface area (Å²) in [7, 11) is 0. The summed E-state index contributed by atoms with van der Waals surface area (Å²) in [5.74, 6) is -0.586. The molecule has 0 saturated heterocycles. The Hall–Kier alpha value is -1.69. The van der Waals surface area contributed by atoms with Crippen LogP contribution in [0.2, 0.25) is 0 Å². The van der Waals surface area contributed by atoms with E-state index in [1.165, 1.54) is 0 Å². The van der Waals surface area contributed by atoms with Gasteiger partial charge in [0.05, 0.1) is 23.7 Å². The van der Waals surface area contributed by atoms with E-state index in [0.717, 1.165) is 11.9 Å². The SMILES string of the molecule is CCOC(=O)c1cn(CCC(C)(C)C)c2cnc(Br)cc2c1=O. The van der Waals surface area contributed by atoms with Gasteiger partial charge < -0.3 is 9.30 Å². The first-order chi connectivity index (χ1) is 10.7. The van der Waals surface area contributed by atoms with Crippen molar-refractivity contribution in [2.24, 2.45) is 5.41 Å². The molecule has 23 heavy (non-hydrogen) atoms. The molecule has 2 aromatic rings. The molecule has 0 spiro atoms. The lowest BCUT2D eigenvalue weighted by Crippen LogP contribution is -2.22. The summed E-state index contributed by atoms with van der Waals surface area (Å²) in [4.78, 5) is 28.9. The van der Waals surface area contributed by atoms with Gasteiger partial charge in [-0.3, -0.25) is 4.79 Å². The maximum atomic E-state index is 12.6. The Morgan fingerprint density at radius 3 is 2.70 bits per heavy atom. The van der Waals surface area contributed by atoms with Crippen molar-refractivity contribution in [3.63, 3.8) is 0 Å². The minimum Gasteiger partial charge on any atom is -0.462 e. The predicted octanol–water partition coefficient (Wildman–Crippen LogP) is 3.77. The third kappa shape index (κ3) is 4.19. The van der Waals surface area contributed by atoms with Crippen LogP contribution in [0.1, 0.15) is 44.5 Å². The highest BCUT2D eigenvalue weighted by Gasteiger charge is 2.18. The lowest BCUT2D eigenvalue weighted by atomic mass is 9.92. The molecule has 6 heteroatoms. The van der Waals surface area contributed by atoms with E-state index >= 15 is 0 Å². The Balaban J connectivity index is 2.62. The second-order valence-electron chi connectivity index (χ2n) is 6.62. The lowest BCUT2D eigenvalue weighted by Gasteiger charge is -2.20. The van der Waals surface area contributed by atoms with E-state index in [0.29, 0.717) is 16.5 Å². The molecular formula is C17H21BrN2O3. The first-order valence-corrected chi connectivity index (χ1v) is 8.38. The largest absolute Gasteiger partial charge is 0.462 e. The van der Waals surface area contributed by atoms with E-state index in [1.54, 1.807) is 25.4 Å². The van der Waals surface area contributed by atoms with Gasteiger partial charge >= 0.3 is 5.97 Å². The number of aryl methyl sites for hydroxylation is 1. The van der Waals surface area contributed by atoms with Gasteiger partial charge in [0.2, 0.25) is 5.43 Å².